The second-order valence-corrected chi connectivity index (χ2v) is 9.37. The summed E-state index contributed by atoms with van der Waals surface area (Å²) in [5.41, 5.74) is 0.117. The Kier molecular flexibility index (Phi) is 5.12. The SMILES string of the molecule is CCS(=O)(=O)N1CCC(CNC2CCOC23CCCC3)CC1. The molecule has 1 spiro atoms. The molecule has 1 atom stereocenters. The van der Waals surface area contributed by atoms with Crippen LogP contribution in [-0.2, 0) is 14.8 Å². The van der Waals surface area contributed by atoms with Gasteiger partial charge in [0.1, 0.15) is 0 Å². The maximum absolute atomic E-state index is 11.9. The van der Waals surface area contributed by atoms with Crippen LogP contribution in [0, 0.1) is 5.92 Å². The van der Waals surface area contributed by atoms with Gasteiger partial charge >= 0.3 is 0 Å². The van der Waals surface area contributed by atoms with Crippen molar-refractivity contribution in [2.24, 2.45) is 5.92 Å². The second-order valence-electron chi connectivity index (χ2n) is 7.11. The normalized spacial score (nSPS) is 30.3. The van der Waals surface area contributed by atoms with Gasteiger partial charge in [0, 0.05) is 25.7 Å². The van der Waals surface area contributed by atoms with Crippen LogP contribution in [0.1, 0.15) is 51.9 Å². The molecule has 5 nitrogen and oxygen atoms in total. The van der Waals surface area contributed by atoms with Gasteiger partial charge in [-0.05, 0) is 51.5 Å². The standard InChI is InChI=1S/C16H30N2O3S/c1-2-22(19,20)18-10-5-14(6-11-18)13-17-15-7-12-21-16(15)8-3-4-9-16/h14-15,17H,2-13H2,1H3. The van der Waals surface area contributed by atoms with E-state index in [1.807, 2.05) is 0 Å². The lowest BCUT2D eigenvalue weighted by Gasteiger charge is -2.34. The second kappa shape index (κ2) is 6.75. The zero-order valence-electron chi connectivity index (χ0n) is 13.7. The van der Waals surface area contributed by atoms with Crippen LogP contribution >= 0.6 is 0 Å². The maximum Gasteiger partial charge on any atom is 0.213 e. The zero-order valence-corrected chi connectivity index (χ0v) is 14.5. The molecule has 0 aromatic rings. The lowest BCUT2D eigenvalue weighted by molar-refractivity contribution is -0.00542. The Labute approximate surface area is 134 Å². The minimum absolute atomic E-state index is 0.117. The summed E-state index contributed by atoms with van der Waals surface area (Å²) in [5, 5.41) is 3.76. The van der Waals surface area contributed by atoms with Crippen molar-refractivity contribution < 1.29 is 13.2 Å². The van der Waals surface area contributed by atoms with Gasteiger partial charge in [-0.3, -0.25) is 0 Å². The average Bonchev–Trinajstić information content (AvgIpc) is 3.16. The molecule has 1 aliphatic carbocycles. The van der Waals surface area contributed by atoms with E-state index in [0.717, 1.165) is 32.4 Å². The Morgan fingerprint density at radius 2 is 1.86 bits per heavy atom. The van der Waals surface area contributed by atoms with Crippen molar-refractivity contribution in [2.45, 2.75) is 63.5 Å². The van der Waals surface area contributed by atoms with Gasteiger partial charge in [-0.1, -0.05) is 12.8 Å². The highest BCUT2D eigenvalue weighted by atomic mass is 32.2. The molecular formula is C16H30N2O3S. The van der Waals surface area contributed by atoms with Gasteiger partial charge in [0.25, 0.3) is 0 Å². The monoisotopic (exact) mass is 330 g/mol. The fraction of sp³-hybridized carbons (Fsp3) is 1.00. The molecule has 0 bridgehead atoms. The van der Waals surface area contributed by atoms with Gasteiger partial charge in [0.15, 0.2) is 0 Å². The van der Waals surface area contributed by atoms with Crippen molar-refractivity contribution in [3.8, 4) is 0 Å². The molecule has 3 rings (SSSR count). The number of nitrogens with one attached hydrogen (secondary N) is 1. The molecular weight excluding hydrogens is 300 g/mol. The molecule has 128 valence electrons. The summed E-state index contributed by atoms with van der Waals surface area (Å²) in [7, 11) is -3.00. The summed E-state index contributed by atoms with van der Waals surface area (Å²) in [4.78, 5) is 0. The molecule has 2 aliphatic heterocycles. The highest BCUT2D eigenvalue weighted by molar-refractivity contribution is 7.89. The van der Waals surface area contributed by atoms with Crippen LogP contribution < -0.4 is 5.32 Å². The number of rotatable bonds is 5. The summed E-state index contributed by atoms with van der Waals surface area (Å²) >= 11 is 0. The number of hydrogen-bond acceptors (Lipinski definition) is 4. The molecule has 2 heterocycles. The van der Waals surface area contributed by atoms with Crippen molar-refractivity contribution in [1.82, 2.24) is 9.62 Å². The molecule has 6 heteroatoms. The molecule has 0 amide bonds. The van der Waals surface area contributed by atoms with Gasteiger partial charge in [-0.15, -0.1) is 0 Å². The van der Waals surface area contributed by atoms with Crippen LogP contribution in [0.3, 0.4) is 0 Å². The van der Waals surface area contributed by atoms with Crippen molar-refractivity contribution in [3.63, 3.8) is 0 Å². The van der Waals surface area contributed by atoms with Gasteiger partial charge in [-0.2, -0.15) is 0 Å². The highest BCUT2D eigenvalue weighted by Gasteiger charge is 2.46. The smallest absolute Gasteiger partial charge is 0.213 e. The number of piperidine rings is 1. The molecule has 1 N–H and O–H groups in total. The lowest BCUT2D eigenvalue weighted by atomic mass is 9.91. The Balaban J connectivity index is 1.46. The number of ether oxygens (including phenoxy) is 1. The number of sulfonamides is 1. The molecule has 1 saturated carbocycles. The van der Waals surface area contributed by atoms with Gasteiger partial charge < -0.3 is 10.1 Å². The Hall–Kier alpha value is -0.170. The van der Waals surface area contributed by atoms with E-state index in [0.29, 0.717) is 25.0 Å². The van der Waals surface area contributed by atoms with E-state index in [2.05, 4.69) is 5.32 Å². The minimum atomic E-state index is -3.00. The van der Waals surface area contributed by atoms with Crippen LogP contribution in [0.2, 0.25) is 0 Å². The maximum atomic E-state index is 11.9. The van der Waals surface area contributed by atoms with E-state index in [-0.39, 0.29) is 11.4 Å². The Bertz CT molecular complexity index is 460. The highest BCUT2D eigenvalue weighted by Crippen LogP contribution is 2.41. The summed E-state index contributed by atoms with van der Waals surface area (Å²) in [6.45, 7) is 5.01. The first kappa shape index (κ1) is 16.7. The van der Waals surface area contributed by atoms with E-state index >= 15 is 0 Å². The summed E-state index contributed by atoms with van der Waals surface area (Å²) in [5.74, 6) is 0.819. The molecule has 0 aromatic heterocycles. The lowest BCUT2D eigenvalue weighted by Crippen LogP contribution is -2.48. The average molecular weight is 330 g/mol. The van der Waals surface area contributed by atoms with Crippen molar-refractivity contribution >= 4 is 10.0 Å². The summed E-state index contributed by atoms with van der Waals surface area (Å²) in [6, 6.07) is 0.507. The third-order valence-corrected chi connectivity index (χ3v) is 7.75. The molecule has 3 fully saturated rings. The van der Waals surface area contributed by atoms with E-state index in [4.69, 9.17) is 4.74 Å². The third kappa shape index (κ3) is 3.35. The van der Waals surface area contributed by atoms with E-state index < -0.39 is 10.0 Å². The van der Waals surface area contributed by atoms with Crippen LogP contribution in [0.4, 0.5) is 0 Å². The zero-order chi connectivity index (χ0) is 15.6. The summed E-state index contributed by atoms with van der Waals surface area (Å²) in [6.07, 6.45) is 8.09. The fourth-order valence-corrected chi connectivity index (χ4v) is 5.51. The molecule has 0 aromatic carbocycles. The fourth-order valence-electron chi connectivity index (χ4n) is 4.38. The van der Waals surface area contributed by atoms with Crippen molar-refractivity contribution in [1.29, 1.82) is 0 Å². The topological polar surface area (TPSA) is 58.6 Å². The van der Waals surface area contributed by atoms with Gasteiger partial charge in [-0.25, -0.2) is 12.7 Å². The van der Waals surface area contributed by atoms with E-state index in [9.17, 15) is 8.42 Å². The van der Waals surface area contributed by atoms with Crippen LogP contribution in [0.5, 0.6) is 0 Å². The predicted octanol–water partition coefficient (Wildman–Crippen LogP) is 1.74. The summed E-state index contributed by atoms with van der Waals surface area (Å²) < 4.78 is 31.5. The number of nitrogens with zero attached hydrogens (tertiary/aromatic N) is 1. The van der Waals surface area contributed by atoms with Crippen LogP contribution in [0.25, 0.3) is 0 Å². The molecule has 2 saturated heterocycles. The van der Waals surface area contributed by atoms with E-state index in [1.165, 1.54) is 25.7 Å². The molecule has 0 radical (unpaired) electrons. The quantitative estimate of drug-likeness (QED) is 0.834. The third-order valence-electron chi connectivity index (χ3n) is 5.87. The minimum Gasteiger partial charge on any atom is -0.373 e. The molecule has 1 unspecified atom stereocenters. The van der Waals surface area contributed by atoms with Crippen molar-refractivity contribution in [3.05, 3.63) is 0 Å². The first-order valence-electron chi connectivity index (χ1n) is 8.91. The van der Waals surface area contributed by atoms with Gasteiger partial charge in [0.05, 0.1) is 11.4 Å². The van der Waals surface area contributed by atoms with Crippen LogP contribution in [-0.4, -0.2) is 56.4 Å². The molecule has 22 heavy (non-hydrogen) atoms. The predicted molar refractivity (Wildman–Crippen MR) is 87.3 cm³/mol. The first-order valence-corrected chi connectivity index (χ1v) is 10.5. The Morgan fingerprint density at radius 1 is 1.18 bits per heavy atom. The van der Waals surface area contributed by atoms with Gasteiger partial charge in [0.2, 0.25) is 10.0 Å². The van der Waals surface area contributed by atoms with Crippen molar-refractivity contribution in [2.75, 3.05) is 32.0 Å². The van der Waals surface area contributed by atoms with Crippen LogP contribution in [0.15, 0.2) is 0 Å². The first-order chi connectivity index (χ1) is 10.6. The number of hydrogen-bond donors (Lipinski definition) is 1. The largest absolute Gasteiger partial charge is 0.373 e. The Morgan fingerprint density at radius 3 is 2.50 bits per heavy atom. The molecule has 3 aliphatic rings. The van der Waals surface area contributed by atoms with E-state index in [1.54, 1.807) is 11.2 Å².